The average molecular weight is 455 g/mol. The van der Waals surface area contributed by atoms with Gasteiger partial charge in [0.2, 0.25) is 5.78 Å². The van der Waals surface area contributed by atoms with E-state index in [-0.39, 0.29) is 11.4 Å². The molecule has 0 amide bonds. The molecule has 0 saturated carbocycles. The second-order valence-electron chi connectivity index (χ2n) is 7.32. The quantitative estimate of drug-likeness (QED) is 0.557. The molecule has 31 heavy (non-hydrogen) atoms. The molecule has 0 spiro atoms. The summed E-state index contributed by atoms with van der Waals surface area (Å²) in [7, 11) is -2.52. The van der Waals surface area contributed by atoms with E-state index >= 15 is 0 Å². The fourth-order valence-electron chi connectivity index (χ4n) is 3.39. The average Bonchev–Trinajstić information content (AvgIpc) is 3.22. The topological polar surface area (TPSA) is 75.7 Å². The first kappa shape index (κ1) is 21.1. The maximum Gasteiger partial charge on any atom is 0.270 e. The highest BCUT2D eigenvalue weighted by Crippen LogP contribution is 2.39. The van der Waals surface area contributed by atoms with Gasteiger partial charge in [0, 0.05) is 6.20 Å². The van der Waals surface area contributed by atoms with Crippen LogP contribution in [0.4, 0.5) is 11.4 Å². The van der Waals surface area contributed by atoms with E-state index in [9.17, 15) is 13.2 Å². The zero-order valence-electron chi connectivity index (χ0n) is 17.4. The number of ether oxygens (including phenoxy) is 1. The van der Waals surface area contributed by atoms with E-state index in [1.165, 1.54) is 29.0 Å². The second-order valence-corrected chi connectivity index (χ2v) is 10.1. The predicted octanol–water partition coefficient (Wildman–Crippen LogP) is 4.86. The summed E-state index contributed by atoms with van der Waals surface area (Å²) in [6.07, 6.45) is 1.26. The smallest absolute Gasteiger partial charge is 0.270 e. The third-order valence-electron chi connectivity index (χ3n) is 5.07. The molecule has 1 N–H and O–H groups in total. The Labute approximate surface area is 185 Å². The lowest BCUT2D eigenvalue weighted by Crippen LogP contribution is -2.38. The Kier molecular flexibility index (Phi) is 5.60. The van der Waals surface area contributed by atoms with Crippen molar-refractivity contribution in [3.8, 4) is 5.75 Å². The molecule has 2 heterocycles. The second kappa shape index (κ2) is 8.20. The number of methoxy groups -OCH3 is 1. The molecule has 0 radical (unpaired) electrons. The van der Waals surface area contributed by atoms with Gasteiger partial charge in [-0.3, -0.25) is 9.10 Å². The summed E-state index contributed by atoms with van der Waals surface area (Å²) in [4.78, 5) is 13.2. The molecule has 3 aromatic rings. The number of sulfonamides is 1. The minimum atomic E-state index is -4.06. The number of aryl methyl sites for hydroxylation is 2. The third-order valence-corrected chi connectivity index (χ3v) is 7.74. The predicted molar refractivity (Wildman–Crippen MR) is 124 cm³/mol. The van der Waals surface area contributed by atoms with Gasteiger partial charge in [-0.1, -0.05) is 35.9 Å². The molecule has 6 nitrogen and oxygen atoms in total. The Hall–Kier alpha value is -3.10. The van der Waals surface area contributed by atoms with Crippen LogP contribution in [0.1, 0.15) is 26.4 Å². The van der Waals surface area contributed by atoms with Gasteiger partial charge in [0.15, 0.2) is 4.91 Å². The molecule has 0 saturated heterocycles. The van der Waals surface area contributed by atoms with Gasteiger partial charge >= 0.3 is 0 Å². The first-order valence-corrected chi connectivity index (χ1v) is 11.9. The number of nitrogens with one attached hydrogen (secondary N) is 1. The Morgan fingerprint density at radius 1 is 1.06 bits per heavy atom. The third kappa shape index (κ3) is 3.96. The molecular formula is C23H22N2O4S2. The Morgan fingerprint density at radius 2 is 1.77 bits per heavy atom. The van der Waals surface area contributed by atoms with Crippen LogP contribution in [0.3, 0.4) is 0 Å². The Morgan fingerprint density at radius 3 is 2.48 bits per heavy atom. The number of Topliss-reactive ketones (excluding diaryl/α,β-unsaturated/α-hetero) is 1. The minimum absolute atomic E-state index is 0.144. The summed E-state index contributed by atoms with van der Waals surface area (Å²) < 4.78 is 33.6. The summed E-state index contributed by atoms with van der Waals surface area (Å²) in [5.74, 6) is 0.0423. The highest BCUT2D eigenvalue weighted by molar-refractivity contribution is 7.97. The van der Waals surface area contributed by atoms with E-state index in [4.69, 9.17) is 4.74 Å². The monoisotopic (exact) mass is 454 g/mol. The fraction of sp³-hybridized carbons (Fsp3) is 0.174. The molecule has 160 valence electrons. The molecule has 2 aromatic carbocycles. The van der Waals surface area contributed by atoms with E-state index in [2.05, 4.69) is 5.32 Å². The van der Waals surface area contributed by atoms with Crippen LogP contribution in [0.2, 0.25) is 0 Å². The van der Waals surface area contributed by atoms with Crippen molar-refractivity contribution in [3.63, 3.8) is 0 Å². The van der Waals surface area contributed by atoms with Crippen LogP contribution in [0.5, 0.6) is 5.75 Å². The number of rotatable bonds is 5. The molecular weight excluding hydrogens is 432 g/mol. The van der Waals surface area contributed by atoms with Crippen LogP contribution >= 0.6 is 11.3 Å². The van der Waals surface area contributed by atoms with Gasteiger partial charge in [0.1, 0.15) is 10.6 Å². The van der Waals surface area contributed by atoms with Crippen molar-refractivity contribution in [3.05, 3.63) is 86.6 Å². The van der Waals surface area contributed by atoms with Gasteiger partial charge < -0.3 is 10.1 Å². The van der Waals surface area contributed by atoms with Crippen molar-refractivity contribution < 1.29 is 17.9 Å². The highest BCUT2D eigenvalue weighted by Gasteiger charge is 2.41. The zero-order chi connectivity index (χ0) is 22.2. The molecule has 0 unspecified atom stereocenters. The summed E-state index contributed by atoms with van der Waals surface area (Å²) in [5, 5.41) is 4.70. The minimum Gasteiger partial charge on any atom is -0.495 e. The van der Waals surface area contributed by atoms with Crippen LogP contribution in [0, 0.1) is 13.8 Å². The number of benzene rings is 2. The molecule has 0 aliphatic carbocycles. The first-order chi connectivity index (χ1) is 14.8. The number of thiophene rings is 1. The number of hydrogen-bond acceptors (Lipinski definition) is 6. The molecule has 1 aliphatic rings. The Balaban J connectivity index is 1.75. The van der Waals surface area contributed by atoms with Gasteiger partial charge in [-0.15, -0.1) is 11.3 Å². The number of hydrogen-bond donors (Lipinski definition) is 1. The molecule has 1 aromatic heterocycles. The molecule has 0 bridgehead atoms. The normalized spacial score (nSPS) is 16.3. The lowest BCUT2D eigenvalue weighted by atomic mass is 10.1. The summed E-state index contributed by atoms with van der Waals surface area (Å²) in [5.41, 5.74) is 3.91. The van der Waals surface area contributed by atoms with Crippen LogP contribution in [-0.2, 0) is 16.6 Å². The Bertz CT molecular complexity index is 1280. The fourth-order valence-corrected chi connectivity index (χ4v) is 5.88. The van der Waals surface area contributed by atoms with E-state index in [0.717, 1.165) is 16.7 Å². The van der Waals surface area contributed by atoms with Crippen molar-refractivity contribution in [2.75, 3.05) is 16.7 Å². The van der Waals surface area contributed by atoms with E-state index in [1.54, 1.807) is 17.5 Å². The molecule has 0 atom stereocenters. The summed E-state index contributed by atoms with van der Waals surface area (Å²) >= 11 is 1.24. The molecule has 4 rings (SSSR count). The highest BCUT2D eigenvalue weighted by atomic mass is 32.2. The lowest BCUT2D eigenvalue weighted by Gasteiger charge is -2.29. The lowest BCUT2D eigenvalue weighted by molar-refractivity contribution is 0.104. The SMILES string of the molecule is COc1ccc(C)cc1N/C=C1/C(=O)c2sccc2N(Cc2ccc(C)cc2)S1(=O)=O. The van der Waals surface area contributed by atoms with Gasteiger partial charge in [0.25, 0.3) is 10.0 Å². The number of allylic oxidation sites excluding steroid dienone is 1. The van der Waals surface area contributed by atoms with Gasteiger partial charge in [-0.05, 0) is 48.6 Å². The van der Waals surface area contributed by atoms with Crippen LogP contribution in [0.15, 0.2) is 65.0 Å². The molecule has 8 heteroatoms. The zero-order valence-corrected chi connectivity index (χ0v) is 19.0. The number of anilines is 2. The van der Waals surface area contributed by atoms with Gasteiger partial charge in [-0.2, -0.15) is 0 Å². The summed E-state index contributed by atoms with van der Waals surface area (Å²) in [6.45, 7) is 4.04. The van der Waals surface area contributed by atoms with Crippen molar-refractivity contribution in [1.29, 1.82) is 0 Å². The van der Waals surface area contributed by atoms with Crippen LogP contribution in [-0.4, -0.2) is 21.3 Å². The largest absolute Gasteiger partial charge is 0.495 e. The van der Waals surface area contributed by atoms with Crippen molar-refractivity contribution in [2.45, 2.75) is 20.4 Å². The standard InChI is InChI=1S/C23H22N2O4S2/c1-15-4-7-17(8-5-15)14-25-19-10-11-30-23(19)22(26)21(31(25,27)28)13-24-18-12-16(2)6-9-20(18)29-3/h4-13,24H,14H2,1-3H3/b21-13-. The van der Waals surface area contributed by atoms with E-state index in [0.29, 0.717) is 22.0 Å². The molecule has 0 fully saturated rings. The van der Waals surface area contributed by atoms with E-state index < -0.39 is 15.8 Å². The first-order valence-electron chi connectivity index (χ1n) is 9.63. The number of fused-ring (bicyclic) bond motifs is 1. The van der Waals surface area contributed by atoms with Crippen LogP contribution < -0.4 is 14.4 Å². The molecule has 1 aliphatic heterocycles. The van der Waals surface area contributed by atoms with Crippen molar-refractivity contribution >= 4 is 38.5 Å². The maximum atomic E-state index is 13.5. The number of carbonyl (C=O) groups is 1. The number of ketones is 1. The number of carbonyl (C=O) groups excluding carboxylic acids is 1. The van der Waals surface area contributed by atoms with Crippen molar-refractivity contribution in [2.24, 2.45) is 0 Å². The van der Waals surface area contributed by atoms with Gasteiger partial charge in [-0.25, -0.2) is 8.42 Å². The van der Waals surface area contributed by atoms with Crippen LogP contribution in [0.25, 0.3) is 0 Å². The van der Waals surface area contributed by atoms with Gasteiger partial charge in [0.05, 0.1) is 25.0 Å². The van der Waals surface area contributed by atoms with E-state index in [1.807, 2.05) is 50.2 Å². The maximum absolute atomic E-state index is 13.5. The summed E-state index contributed by atoms with van der Waals surface area (Å²) in [6, 6.07) is 14.9. The number of nitrogens with zero attached hydrogens (tertiary/aromatic N) is 1. The van der Waals surface area contributed by atoms with Crippen molar-refractivity contribution in [1.82, 2.24) is 0 Å².